The Kier molecular flexibility index (Phi) is 5.32. The van der Waals surface area contributed by atoms with Gasteiger partial charge < -0.3 is 16.6 Å². The molecule has 0 saturated carbocycles. The molecule has 0 spiro atoms. The maximum atomic E-state index is 9.16. The van der Waals surface area contributed by atoms with E-state index in [0.717, 1.165) is 10.0 Å². The first-order valence-corrected chi connectivity index (χ1v) is 4.38. The Balaban J connectivity index is 0.00000144. The fraction of sp³-hybridized carbons (Fsp3) is 0.250. The van der Waals surface area contributed by atoms with Crippen molar-refractivity contribution >= 4 is 28.3 Å². The summed E-state index contributed by atoms with van der Waals surface area (Å²) >= 11 is 3.33. The van der Waals surface area contributed by atoms with Gasteiger partial charge in [0, 0.05) is 17.1 Å². The molecular formula is C8H12BrClN2O. The first kappa shape index (κ1) is 12.7. The van der Waals surface area contributed by atoms with Crippen LogP contribution in [0.1, 0.15) is 11.6 Å². The molecule has 0 bridgehead atoms. The van der Waals surface area contributed by atoms with Gasteiger partial charge in [0.25, 0.3) is 0 Å². The summed E-state index contributed by atoms with van der Waals surface area (Å²) in [5.41, 5.74) is 11.9. The second kappa shape index (κ2) is 5.44. The topological polar surface area (TPSA) is 72.3 Å². The average molecular weight is 268 g/mol. The molecule has 0 saturated heterocycles. The van der Waals surface area contributed by atoms with Gasteiger partial charge in [-0.05, 0) is 23.8 Å². The third kappa shape index (κ3) is 3.15. The van der Waals surface area contributed by atoms with Gasteiger partial charge in [0.1, 0.15) is 5.75 Å². The first-order chi connectivity index (χ1) is 5.65. The lowest BCUT2D eigenvalue weighted by Crippen LogP contribution is -2.20. The van der Waals surface area contributed by atoms with E-state index in [2.05, 4.69) is 15.9 Å². The molecule has 1 aromatic rings. The molecule has 1 aromatic carbocycles. The molecule has 0 fully saturated rings. The van der Waals surface area contributed by atoms with Gasteiger partial charge >= 0.3 is 0 Å². The fourth-order valence-corrected chi connectivity index (χ4v) is 1.48. The lowest BCUT2D eigenvalue weighted by molar-refractivity contribution is 0.473. The molecule has 0 heterocycles. The summed E-state index contributed by atoms with van der Waals surface area (Å²) in [5.74, 6) is 0.206. The van der Waals surface area contributed by atoms with Gasteiger partial charge in [0.15, 0.2) is 0 Å². The van der Waals surface area contributed by atoms with Gasteiger partial charge in [-0.2, -0.15) is 0 Å². The SMILES string of the molecule is Cl.NC[C@H](N)c1cc(O)ccc1Br. The number of benzene rings is 1. The smallest absolute Gasteiger partial charge is 0.115 e. The van der Waals surface area contributed by atoms with Crippen molar-refractivity contribution in [1.29, 1.82) is 0 Å². The van der Waals surface area contributed by atoms with Crippen LogP contribution in [0, 0.1) is 0 Å². The average Bonchev–Trinajstić information content (AvgIpc) is 2.08. The molecule has 0 aliphatic rings. The van der Waals surface area contributed by atoms with Crippen LogP contribution in [0.15, 0.2) is 22.7 Å². The van der Waals surface area contributed by atoms with E-state index in [0.29, 0.717) is 6.54 Å². The maximum Gasteiger partial charge on any atom is 0.115 e. The monoisotopic (exact) mass is 266 g/mol. The minimum absolute atomic E-state index is 0. The van der Waals surface area contributed by atoms with Gasteiger partial charge in [-0.15, -0.1) is 12.4 Å². The molecule has 1 rings (SSSR count). The molecule has 0 unspecified atom stereocenters. The molecule has 0 amide bonds. The van der Waals surface area contributed by atoms with Crippen molar-refractivity contribution in [2.75, 3.05) is 6.54 Å². The van der Waals surface area contributed by atoms with E-state index in [9.17, 15) is 0 Å². The Hall–Kier alpha value is -0.290. The highest BCUT2D eigenvalue weighted by Gasteiger charge is 2.08. The summed E-state index contributed by atoms with van der Waals surface area (Å²) in [6.45, 7) is 0.363. The molecule has 3 nitrogen and oxygen atoms in total. The zero-order valence-corrected chi connectivity index (χ0v) is 9.31. The number of hydrogen-bond donors (Lipinski definition) is 3. The van der Waals surface area contributed by atoms with Crippen LogP contribution in [-0.2, 0) is 0 Å². The van der Waals surface area contributed by atoms with Crippen molar-refractivity contribution < 1.29 is 5.11 Å². The van der Waals surface area contributed by atoms with Crippen molar-refractivity contribution in [3.63, 3.8) is 0 Å². The van der Waals surface area contributed by atoms with E-state index in [1.54, 1.807) is 18.2 Å². The maximum absolute atomic E-state index is 9.16. The molecule has 0 aliphatic heterocycles. The Bertz CT molecular complexity index is 283. The number of phenolic OH excluding ortho intramolecular Hbond substituents is 1. The minimum Gasteiger partial charge on any atom is -0.508 e. The van der Waals surface area contributed by atoms with Crippen molar-refractivity contribution in [3.8, 4) is 5.75 Å². The van der Waals surface area contributed by atoms with Gasteiger partial charge in [0.05, 0.1) is 0 Å². The predicted molar refractivity (Wildman–Crippen MR) is 59.0 cm³/mol. The zero-order chi connectivity index (χ0) is 9.14. The van der Waals surface area contributed by atoms with E-state index in [1.165, 1.54) is 0 Å². The third-order valence-electron chi connectivity index (χ3n) is 1.63. The molecule has 0 radical (unpaired) electrons. The summed E-state index contributed by atoms with van der Waals surface area (Å²) in [6, 6.07) is 4.73. The van der Waals surface area contributed by atoms with Gasteiger partial charge in [-0.25, -0.2) is 0 Å². The molecule has 74 valence electrons. The van der Waals surface area contributed by atoms with E-state index >= 15 is 0 Å². The molecule has 1 atom stereocenters. The number of aromatic hydroxyl groups is 1. The van der Waals surface area contributed by atoms with Crippen molar-refractivity contribution in [3.05, 3.63) is 28.2 Å². The highest BCUT2D eigenvalue weighted by molar-refractivity contribution is 9.10. The summed E-state index contributed by atoms with van der Waals surface area (Å²) in [6.07, 6.45) is 0. The molecule has 0 aliphatic carbocycles. The van der Waals surface area contributed by atoms with Crippen LogP contribution >= 0.6 is 28.3 Å². The standard InChI is InChI=1S/C8H11BrN2O.ClH/c9-7-2-1-5(12)3-6(7)8(11)4-10;/h1-3,8,12H,4,10-11H2;1H/t8-;/m0./s1. The highest BCUT2D eigenvalue weighted by atomic mass is 79.9. The Morgan fingerprint density at radius 3 is 2.62 bits per heavy atom. The van der Waals surface area contributed by atoms with Crippen molar-refractivity contribution in [1.82, 2.24) is 0 Å². The predicted octanol–water partition coefficient (Wildman–Crippen LogP) is 1.53. The van der Waals surface area contributed by atoms with Crippen LogP contribution in [0.4, 0.5) is 0 Å². The third-order valence-corrected chi connectivity index (χ3v) is 2.36. The van der Waals surface area contributed by atoms with Gasteiger partial charge in [-0.3, -0.25) is 0 Å². The van der Waals surface area contributed by atoms with Crippen LogP contribution in [0.3, 0.4) is 0 Å². The summed E-state index contributed by atoms with van der Waals surface area (Å²) in [5, 5.41) is 9.16. The molecular weight excluding hydrogens is 255 g/mol. The van der Waals surface area contributed by atoms with E-state index in [-0.39, 0.29) is 24.2 Å². The number of phenols is 1. The second-order valence-corrected chi connectivity index (χ2v) is 3.40. The lowest BCUT2D eigenvalue weighted by Gasteiger charge is -2.11. The molecule has 5 N–H and O–H groups in total. The fourth-order valence-electron chi connectivity index (χ4n) is 0.942. The number of hydrogen-bond acceptors (Lipinski definition) is 3. The molecule has 5 heteroatoms. The van der Waals surface area contributed by atoms with Gasteiger partial charge in [-0.1, -0.05) is 15.9 Å². The van der Waals surface area contributed by atoms with E-state index in [4.69, 9.17) is 16.6 Å². The lowest BCUT2D eigenvalue weighted by atomic mass is 10.1. The quantitative estimate of drug-likeness (QED) is 0.761. The Labute approximate surface area is 91.7 Å². The minimum atomic E-state index is -0.230. The number of nitrogens with two attached hydrogens (primary N) is 2. The van der Waals surface area contributed by atoms with Crippen LogP contribution in [0.2, 0.25) is 0 Å². The van der Waals surface area contributed by atoms with Crippen LogP contribution in [0.5, 0.6) is 5.75 Å². The largest absolute Gasteiger partial charge is 0.508 e. The zero-order valence-electron chi connectivity index (χ0n) is 6.90. The summed E-state index contributed by atoms with van der Waals surface area (Å²) in [7, 11) is 0. The Morgan fingerprint density at radius 2 is 2.08 bits per heavy atom. The number of halogens is 2. The van der Waals surface area contributed by atoms with Crippen molar-refractivity contribution in [2.24, 2.45) is 11.5 Å². The molecule has 13 heavy (non-hydrogen) atoms. The Morgan fingerprint density at radius 1 is 1.46 bits per heavy atom. The van der Waals surface area contributed by atoms with E-state index < -0.39 is 0 Å². The van der Waals surface area contributed by atoms with E-state index in [1.807, 2.05) is 0 Å². The first-order valence-electron chi connectivity index (χ1n) is 3.59. The normalized spacial score (nSPS) is 11.9. The van der Waals surface area contributed by atoms with Gasteiger partial charge in [0.2, 0.25) is 0 Å². The highest BCUT2D eigenvalue weighted by Crippen LogP contribution is 2.25. The summed E-state index contributed by atoms with van der Waals surface area (Å²) in [4.78, 5) is 0. The summed E-state index contributed by atoms with van der Waals surface area (Å²) < 4.78 is 0.873. The van der Waals surface area contributed by atoms with Crippen LogP contribution in [0.25, 0.3) is 0 Å². The van der Waals surface area contributed by atoms with Crippen molar-refractivity contribution in [2.45, 2.75) is 6.04 Å². The van der Waals surface area contributed by atoms with Crippen LogP contribution < -0.4 is 11.5 Å². The second-order valence-electron chi connectivity index (χ2n) is 2.55. The molecule has 0 aromatic heterocycles. The van der Waals surface area contributed by atoms with Crippen LogP contribution in [-0.4, -0.2) is 11.7 Å². The number of rotatable bonds is 2.